The molecule has 0 atom stereocenters. The quantitative estimate of drug-likeness (QED) is 0.286. The molecule has 4 rings (SSSR count). The van der Waals surface area contributed by atoms with Crippen LogP contribution in [0.25, 0.3) is 33.9 Å². The molecular formula is C21H14I2N2O. The Morgan fingerprint density at radius 3 is 2.04 bits per heavy atom. The lowest BCUT2D eigenvalue weighted by molar-refractivity contribution is 0.475. The maximum absolute atomic E-state index is 9.81. The van der Waals surface area contributed by atoms with Crippen LogP contribution in [0.4, 0.5) is 0 Å². The Kier molecular flexibility index (Phi) is 4.99. The van der Waals surface area contributed by atoms with E-state index in [-0.39, 0.29) is 5.75 Å². The zero-order chi connectivity index (χ0) is 18.1. The molecule has 0 fully saturated rings. The van der Waals surface area contributed by atoms with Crippen molar-refractivity contribution in [2.45, 2.75) is 0 Å². The molecule has 1 aromatic heterocycles. The summed E-state index contributed by atoms with van der Waals surface area (Å²) in [5.74, 6) is 0.967. The molecule has 4 aromatic rings. The van der Waals surface area contributed by atoms with E-state index in [1.807, 2.05) is 24.3 Å². The zero-order valence-corrected chi connectivity index (χ0v) is 17.9. The number of benzene rings is 3. The molecule has 0 aliphatic heterocycles. The Labute approximate surface area is 178 Å². The molecule has 0 unspecified atom stereocenters. The largest absolute Gasteiger partial charge is 0.508 e. The van der Waals surface area contributed by atoms with Crippen LogP contribution >= 0.6 is 45.2 Å². The topological polar surface area (TPSA) is 48.9 Å². The summed E-state index contributed by atoms with van der Waals surface area (Å²) < 4.78 is 2.33. The summed E-state index contributed by atoms with van der Waals surface area (Å²) in [5.41, 5.74) is 4.89. The Morgan fingerprint density at radius 2 is 1.35 bits per heavy atom. The van der Waals surface area contributed by atoms with Crippen molar-refractivity contribution in [1.82, 2.24) is 9.97 Å². The van der Waals surface area contributed by atoms with Crippen LogP contribution in [0.15, 0.2) is 72.8 Å². The minimum Gasteiger partial charge on any atom is -0.508 e. The lowest BCUT2D eigenvalue weighted by Crippen LogP contribution is -1.85. The normalized spacial score (nSPS) is 10.8. The summed E-state index contributed by atoms with van der Waals surface area (Å²) in [4.78, 5) is 8.33. The standard InChI is InChI=1S/C21H14I2N2O/c22-16-7-1-4-13(10-16)19-20(14-5-2-8-17(23)11-14)25-21(24-19)15-6-3-9-18(26)12-15/h1-12,26H,(H,24,25). The van der Waals surface area contributed by atoms with Crippen molar-refractivity contribution in [3.05, 3.63) is 79.9 Å². The Morgan fingerprint density at radius 1 is 0.731 bits per heavy atom. The van der Waals surface area contributed by atoms with Crippen molar-refractivity contribution in [2.75, 3.05) is 0 Å². The van der Waals surface area contributed by atoms with Crippen molar-refractivity contribution >= 4 is 45.2 Å². The van der Waals surface area contributed by atoms with Gasteiger partial charge in [-0.15, -0.1) is 0 Å². The summed E-state index contributed by atoms with van der Waals surface area (Å²) in [6, 6.07) is 23.8. The number of halogens is 2. The average molecular weight is 564 g/mol. The maximum Gasteiger partial charge on any atom is 0.138 e. The van der Waals surface area contributed by atoms with Gasteiger partial charge in [-0.1, -0.05) is 36.4 Å². The van der Waals surface area contributed by atoms with Crippen molar-refractivity contribution in [1.29, 1.82) is 0 Å². The number of H-pyrrole nitrogens is 1. The van der Waals surface area contributed by atoms with Gasteiger partial charge in [-0.05, 0) is 81.6 Å². The fraction of sp³-hybridized carbons (Fsp3) is 0. The van der Waals surface area contributed by atoms with Crippen LogP contribution in [0.3, 0.4) is 0 Å². The van der Waals surface area contributed by atoms with Crippen LogP contribution in [-0.4, -0.2) is 15.1 Å². The summed E-state index contributed by atoms with van der Waals surface area (Å²) >= 11 is 4.63. The highest BCUT2D eigenvalue weighted by molar-refractivity contribution is 14.1. The van der Waals surface area contributed by atoms with Crippen LogP contribution in [0.2, 0.25) is 0 Å². The maximum atomic E-state index is 9.81. The molecule has 2 N–H and O–H groups in total. The second kappa shape index (κ2) is 7.40. The number of nitrogens with zero attached hydrogens (tertiary/aromatic N) is 1. The molecule has 128 valence electrons. The Balaban J connectivity index is 1.93. The lowest BCUT2D eigenvalue weighted by atomic mass is 10.1. The molecule has 3 nitrogen and oxygen atoms in total. The highest BCUT2D eigenvalue weighted by Gasteiger charge is 2.16. The first-order chi connectivity index (χ1) is 12.6. The molecule has 1 heterocycles. The van der Waals surface area contributed by atoms with E-state index < -0.39 is 0 Å². The van der Waals surface area contributed by atoms with E-state index in [0.29, 0.717) is 0 Å². The predicted octanol–water partition coefficient (Wildman–Crippen LogP) is 6.33. The van der Waals surface area contributed by atoms with Crippen LogP contribution in [0.5, 0.6) is 5.75 Å². The molecular weight excluding hydrogens is 550 g/mol. The van der Waals surface area contributed by atoms with Gasteiger partial charge in [0.2, 0.25) is 0 Å². The van der Waals surface area contributed by atoms with Gasteiger partial charge in [-0.25, -0.2) is 4.98 Å². The first-order valence-corrected chi connectivity index (χ1v) is 10.2. The van der Waals surface area contributed by atoms with Crippen molar-refractivity contribution in [3.8, 4) is 39.7 Å². The zero-order valence-electron chi connectivity index (χ0n) is 13.6. The number of hydrogen-bond acceptors (Lipinski definition) is 2. The summed E-state index contributed by atoms with van der Waals surface area (Å²) in [6.45, 7) is 0. The number of aromatic hydroxyl groups is 1. The van der Waals surface area contributed by atoms with Gasteiger partial charge >= 0.3 is 0 Å². The van der Waals surface area contributed by atoms with Gasteiger partial charge < -0.3 is 10.1 Å². The molecule has 0 radical (unpaired) electrons. The number of nitrogens with one attached hydrogen (secondary N) is 1. The predicted molar refractivity (Wildman–Crippen MR) is 122 cm³/mol. The fourth-order valence-electron chi connectivity index (χ4n) is 2.86. The Hall–Kier alpha value is -1.87. The van der Waals surface area contributed by atoms with Crippen LogP contribution in [0.1, 0.15) is 0 Å². The molecule has 26 heavy (non-hydrogen) atoms. The van der Waals surface area contributed by atoms with Gasteiger partial charge in [0, 0.05) is 23.8 Å². The van der Waals surface area contributed by atoms with Crippen molar-refractivity contribution in [3.63, 3.8) is 0 Å². The second-order valence-electron chi connectivity index (χ2n) is 5.88. The van der Waals surface area contributed by atoms with E-state index in [0.717, 1.165) is 37.5 Å². The van der Waals surface area contributed by atoms with Crippen LogP contribution in [0, 0.1) is 7.14 Å². The van der Waals surface area contributed by atoms with E-state index in [9.17, 15) is 5.11 Å². The first kappa shape index (κ1) is 17.5. The van der Waals surface area contributed by atoms with Crippen molar-refractivity contribution < 1.29 is 5.11 Å². The van der Waals surface area contributed by atoms with Crippen LogP contribution < -0.4 is 0 Å². The molecule has 3 aromatic carbocycles. The summed E-state index contributed by atoms with van der Waals surface area (Å²) in [5, 5.41) is 9.81. The smallest absolute Gasteiger partial charge is 0.138 e. The Bertz CT molecular complexity index is 1030. The van der Waals surface area contributed by atoms with Gasteiger partial charge in [0.15, 0.2) is 0 Å². The first-order valence-electron chi connectivity index (χ1n) is 8.01. The summed E-state index contributed by atoms with van der Waals surface area (Å²) in [6.07, 6.45) is 0. The van der Waals surface area contributed by atoms with E-state index in [1.165, 1.54) is 3.57 Å². The van der Waals surface area contributed by atoms with E-state index >= 15 is 0 Å². The minimum absolute atomic E-state index is 0.227. The number of rotatable bonds is 3. The van der Waals surface area contributed by atoms with E-state index in [4.69, 9.17) is 4.98 Å². The molecule has 0 aliphatic carbocycles. The lowest BCUT2D eigenvalue weighted by Gasteiger charge is -2.04. The van der Waals surface area contributed by atoms with Gasteiger partial charge in [-0.2, -0.15) is 0 Å². The molecule has 0 aliphatic rings. The molecule has 5 heteroatoms. The number of hydrogen-bond donors (Lipinski definition) is 2. The molecule has 0 amide bonds. The number of aromatic nitrogens is 2. The third kappa shape index (κ3) is 3.64. The molecule has 0 saturated carbocycles. The number of imidazole rings is 1. The third-order valence-corrected chi connectivity index (χ3v) is 5.38. The van der Waals surface area contributed by atoms with Gasteiger partial charge in [0.25, 0.3) is 0 Å². The summed E-state index contributed by atoms with van der Waals surface area (Å²) in [7, 11) is 0. The number of phenols is 1. The minimum atomic E-state index is 0.227. The molecule has 0 saturated heterocycles. The molecule has 0 bridgehead atoms. The van der Waals surface area contributed by atoms with E-state index in [1.54, 1.807) is 12.1 Å². The highest BCUT2D eigenvalue weighted by atomic mass is 127. The van der Waals surface area contributed by atoms with Crippen molar-refractivity contribution in [2.24, 2.45) is 0 Å². The SMILES string of the molecule is Oc1cccc(-c2nc(-c3cccc(I)c3)c(-c3cccc(I)c3)[nH]2)c1. The monoisotopic (exact) mass is 564 g/mol. The van der Waals surface area contributed by atoms with Gasteiger partial charge in [0.05, 0.1) is 11.4 Å². The average Bonchev–Trinajstić information content (AvgIpc) is 3.07. The fourth-order valence-corrected chi connectivity index (χ4v) is 3.95. The number of aromatic amines is 1. The second-order valence-corrected chi connectivity index (χ2v) is 8.37. The van der Waals surface area contributed by atoms with Gasteiger partial charge in [-0.3, -0.25) is 0 Å². The van der Waals surface area contributed by atoms with Gasteiger partial charge in [0.1, 0.15) is 11.6 Å². The van der Waals surface area contributed by atoms with Crippen LogP contribution in [-0.2, 0) is 0 Å². The van der Waals surface area contributed by atoms with E-state index in [2.05, 4.69) is 86.6 Å². The number of phenolic OH excluding ortho intramolecular Hbond substituents is 1. The third-order valence-electron chi connectivity index (χ3n) is 4.03. The highest BCUT2D eigenvalue weighted by Crippen LogP contribution is 2.34. The molecule has 0 spiro atoms.